The monoisotopic (exact) mass is 255 g/mol. The number of ether oxygens (including phenoxy) is 1. The van der Waals surface area contributed by atoms with Gasteiger partial charge in [0.2, 0.25) is 5.91 Å². The Kier molecular flexibility index (Phi) is 4.25. The molecule has 1 unspecified atom stereocenters. The van der Waals surface area contributed by atoms with Gasteiger partial charge in [-0.1, -0.05) is 0 Å². The molecule has 0 bridgehead atoms. The number of carboxylic acids is 1. The number of carboxylic acid groups (broad SMARTS) is 1. The van der Waals surface area contributed by atoms with Crippen molar-refractivity contribution in [3.05, 3.63) is 23.5 Å². The molecule has 0 radical (unpaired) electrons. The van der Waals surface area contributed by atoms with Crippen LogP contribution in [0.15, 0.2) is 12.1 Å². The van der Waals surface area contributed by atoms with Gasteiger partial charge in [-0.3, -0.25) is 9.59 Å². The molecule has 1 rings (SSSR count). The first-order valence-corrected chi connectivity index (χ1v) is 5.24. The summed E-state index contributed by atoms with van der Waals surface area (Å²) in [7, 11) is 1.34. The van der Waals surface area contributed by atoms with Crippen LogP contribution in [0, 0.1) is 18.7 Å². The maximum atomic E-state index is 13.4. The van der Waals surface area contributed by atoms with Gasteiger partial charge in [-0.15, -0.1) is 0 Å². The first kappa shape index (κ1) is 14.0. The van der Waals surface area contributed by atoms with Gasteiger partial charge < -0.3 is 15.2 Å². The molecule has 2 N–H and O–H groups in total. The van der Waals surface area contributed by atoms with Gasteiger partial charge in [0.25, 0.3) is 0 Å². The van der Waals surface area contributed by atoms with Crippen molar-refractivity contribution >= 4 is 17.6 Å². The zero-order valence-corrected chi connectivity index (χ0v) is 10.3. The van der Waals surface area contributed by atoms with Crippen LogP contribution in [0.4, 0.5) is 10.1 Å². The van der Waals surface area contributed by atoms with E-state index in [0.717, 1.165) is 6.07 Å². The smallest absolute Gasteiger partial charge is 0.315 e. The summed E-state index contributed by atoms with van der Waals surface area (Å²) < 4.78 is 18.2. The van der Waals surface area contributed by atoms with Crippen molar-refractivity contribution in [1.82, 2.24) is 0 Å². The number of rotatable bonds is 4. The zero-order chi connectivity index (χ0) is 13.9. The van der Waals surface area contributed by atoms with Gasteiger partial charge in [0, 0.05) is 11.8 Å². The summed E-state index contributed by atoms with van der Waals surface area (Å²) in [6.45, 7) is 2.91. The van der Waals surface area contributed by atoms with Crippen LogP contribution in [-0.2, 0) is 9.59 Å². The number of anilines is 1. The van der Waals surface area contributed by atoms with Gasteiger partial charge in [0.1, 0.15) is 5.92 Å². The number of nitrogens with one attached hydrogen (secondary N) is 1. The minimum absolute atomic E-state index is 0.0665. The third-order valence-electron chi connectivity index (χ3n) is 2.52. The van der Waals surface area contributed by atoms with Crippen molar-refractivity contribution in [2.24, 2.45) is 5.92 Å². The van der Waals surface area contributed by atoms with Crippen molar-refractivity contribution in [3.63, 3.8) is 0 Å². The van der Waals surface area contributed by atoms with E-state index in [4.69, 9.17) is 9.84 Å². The Balaban J connectivity index is 2.95. The van der Waals surface area contributed by atoms with Crippen LogP contribution in [0.3, 0.4) is 0 Å². The predicted octanol–water partition coefficient (Wildman–Crippen LogP) is 1.80. The SMILES string of the molecule is COc1cc(C)c(NC(=O)C(C)C(=O)O)cc1F. The maximum Gasteiger partial charge on any atom is 0.315 e. The van der Waals surface area contributed by atoms with Crippen LogP contribution >= 0.6 is 0 Å². The van der Waals surface area contributed by atoms with Crippen molar-refractivity contribution in [2.45, 2.75) is 13.8 Å². The first-order valence-electron chi connectivity index (χ1n) is 5.24. The van der Waals surface area contributed by atoms with Gasteiger partial charge in [-0.2, -0.15) is 0 Å². The van der Waals surface area contributed by atoms with Crippen molar-refractivity contribution in [3.8, 4) is 5.75 Å². The number of aryl methyl sites for hydroxylation is 1. The molecule has 0 heterocycles. The standard InChI is InChI=1S/C12H14FNO4/c1-6-4-10(18-3)8(13)5-9(6)14-11(15)7(2)12(16)17/h4-5,7H,1-3H3,(H,14,15)(H,16,17). The summed E-state index contributed by atoms with van der Waals surface area (Å²) in [5.41, 5.74) is 0.811. The Morgan fingerprint density at radius 3 is 2.56 bits per heavy atom. The van der Waals surface area contributed by atoms with E-state index in [1.807, 2.05) is 0 Å². The van der Waals surface area contributed by atoms with E-state index in [9.17, 15) is 14.0 Å². The number of aliphatic carboxylic acids is 1. The molecule has 0 fully saturated rings. The number of carbonyl (C=O) groups is 2. The van der Waals surface area contributed by atoms with E-state index in [0.29, 0.717) is 5.56 Å². The topological polar surface area (TPSA) is 75.6 Å². The molecule has 1 aromatic carbocycles. The molecule has 0 aliphatic heterocycles. The maximum absolute atomic E-state index is 13.4. The summed E-state index contributed by atoms with van der Waals surface area (Å²) >= 11 is 0. The van der Waals surface area contributed by atoms with Gasteiger partial charge in [-0.05, 0) is 25.5 Å². The highest BCUT2D eigenvalue weighted by molar-refractivity contribution is 6.04. The molecule has 0 saturated heterocycles. The Bertz CT molecular complexity index is 487. The van der Waals surface area contributed by atoms with E-state index < -0.39 is 23.6 Å². The van der Waals surface area contributed by atoms with Gasteiger partial charge >= 0.3 is 5.97 Å². The fourth-order valence-corrected chi connectivity index (χ4v) is 1.30. The van der Waals surface area contributed by atoms with Crippen LogP contribution in [0.25, 0.3) is 0 Å². The third-order valence-corrected chi connectivity index (χ3v) is 2.52. The van der Waals surface area contributed by atoms with E-state index in [1.54, 1.807) is 6.92 Å². The van der Waals surface area contributed by atoms with E-state index >= 15 is 0 Å². The average Bonchev–Trinajstić information content (AvgIpc) is 2.32. The zero-order valence-electron chi connectivity index (χ0n) is 10.3. The van der Waals surface area contributed by atoms with E-state index in [2.05, 4.69) is 5.32 Å². The van der Waals surface area contributed by atoms with Crippen molar-refractivity contribution in [2.75, 3.05) is 12.4 Å². The molecule has 1 aromatic rings. The Morgan fingerprint density at radius 2 is 2.06 bits per heavy atom. The average molecular weight is 255 g/mol. The van der Waals surface area contributed by atoms with Crippen LogP contribution in [0.2, 0.25) is 0 Å². The number of benzene rings is 1. The molecule has 1 amide bonds. The Hall–Kier alpha value is -2.11. The fourth-order valence-electron chi connectivity index (χ4n) is 1.30. The quantitative estimate of drug-likeness (QED) is 0.804. The van der Waals surface area contributed by atoms with Crippen LogP contribution < -0.4 is 10.1 Å². The summed E-state index contributed by atoms with van der Waals surface area (Å²) in [5.74, 6) is -3.69. The largest absolute Gasteiger partial charge is 0.494 e. The summed E-state index contributed by atoms with van der Waals surface area (Å²) in [6.07, 6.45) is 0. The van der Waals surface area contributed by atoms with E-state index in [-0.39, 0.29) is 11.4 Å². The molecule has 0 aliphatic rings. The normalized spacial score (nSPS) is 11.8. The van der Waals surface area contributed by atoms with Crippen LogP contribution in [0.5, 0.6) is 5.75 Å². The third kappa shape index (κ3) is 2.97. The minimum Gasteiger partial charge on any atom is -0.494 e. The fraction of sp³-hybridized carbons (Fsp3) is 0.333. The predicted molar refractivity (Wildman–Crippen MR) is 63.1 cm³/mol. The second-order valence-corrected chi connectivity index (χ2v) is 3.85. The molecule has 1 atom stereocenters. The number of carbonyl (C=O) groups excluding carboxylic acids is 1. The van der Waals surface area contributed by atoms with E-state index in [1.165, 1.54) is 20.1 Å². The second-order valence-electron chi connectivity index (χ2n) is 3.85. The van der Waals surface area contributed by atoms with Crippen LogP contribution in [0.1, 0.15) is 12.5 Å². The number of halogens is 1. The summed E-state index contributed by atoms with van der Waals surface area (Å²) in [5, 5.41) is 11.0. The molecule has 98 valence electrons. The number of hydrogen-bond acceptors (Lipinski definition) is 3. The lowest BCUT2D eigenvalue weighted by atomic mass is 10.1. The molecular weight excluding hydrogens is 241 g/mol. The number of methoxy groups -OCH3 is 1. The van der Waals surface area contributed by atoms with Crippen molar-refractivity contribution in [1.29, 1.82) is 0 Å². The molecule has 18 heavy (non-hydrogen) atoms. The molecule has 0 spiro atoms. The first-order chi connectivity index (χ1) is 8.36. The number of amides is 1. The highest BCUT2D eigenvalue weighted by Gasteiger charge is 2.21. The molecule has 0 aliphatic carbocycles. The lowest BCUT2D eigenvalue weighted by Crippen LogP contribution is -2.27. The highest BCUT2D eigenvalue weighted by atomic mass is 19.1. The molecular formula is C12H14FNO4. The van der Waals surface area contributed by atoms with Crippen LogP contribution in [-0.4, -0.2) is 24.1 Å². The Labute approximate surface area is 104 Å². The Morgan fingerprint density at radius 1 is 1.44 bits per heavy atom. The molecule has 0 aromatic heterocycles. The molecule has 6 heteroatoms. The summed E-state index contributed by atoms with van der Waals surface area (Å²) in [4.78, 5) is 22.2. The molecule has 5 nitrogen and oxygen atoms in total. The molecule has 0 saturated carbocycles. The number of hydrogen-bond donors (Lipinski definition) is 2. The lowest BCUT2D eigenvalue weighted by molar-refractivity contribution is -0.144. The minimum atomic E-state index is -1.24. The van der Waals surface area contributed by atoms with Gasteiger partial charge in [0.05, 0.1) is 7.11 Å². The highest BCUT2D eigenvalue weighted by Crippen LogP contribution is 2.25. The van der Waals surface area contributed by atoms with Gasteiger partial charge in [0.15, 0.2) is 11.6 Å². The second kappa shape index (κ2) is 5.48. The lowest BCUT2D eigenvalue weighted by Gasteiger charge is -2.12. The summed E-state index contributed by atoms with van der Waals surface area (Å²) in [6, 6.07) is 2.52. The van der Waals surface area contributed by atoms with Gasteiger partial charge in [-0.25, -0.2) is 4.39 Å². The van der Waals surface area contributed by atoms with Crippen molar-refractivity contribution < 1.29 is 23.8 Å².